The van der Waals surface area contributed by atoms with Gasteiger partial charge >= 0.3 is 5.97 Å². The molecule has 2 rings (SSSR count). The van der Waals surface area contributed by atoms with E-state index in [2.05, 4.69) is 46.9 Å². The van der Waals surface area contributed by atoms with Crippen molar-refractivity contribution in [3.05, 3.63) is 0 Å². The number of hydrogen-bond acceptors (Lipinski definition) is 4. The Morgan fingerprint density at radius 2 is 1.64 bits per heavy atom. The van der Waals surface area contributed by atoms with Crippen molar-refractivity contribution in [1.29, 1.82) is 0 Å². The maximum atomic E-state index is 12.6. The number of nitrogens with zero attached hydrogens (tertiary/aromatic N) is 1. The van der Waals surface area contributed by atoms with Crippen LogP contribution in [0.15, 0.2) is 0 Å². The summed E-state index contributed by atoms with van der Waals surface area (Å²) in [5.41, 5.74) is 0.500. The molecule has 1 aliphatic carbocycles. The Morgan fingerprint density at radius 1 is 1.07 bits per heavy atom. The van der Waals surface area contributed by atoms with Crippen LogP contribution >= 0.6 is 0 Å². The maximum absolute atomic E-state index is 12.6. The third-order valence-corrected chi connectivity index (χ3v) is 4.88. The predicted molar refractivity (Wildman–Crippen MR) is 115 cm³/mol. The molecule has 1 heterocycles. The highest BCUT2D eigenvalue weighted by molar-refractivity contribution is 5.76. The molecule has 1 N–H and O–H groups in total. The lowest BCUT2D eigenvalue weighted by Crippen LogP contribution is -2.53. The summed E-state index contributed by atoms with van der Waals surface area (Å²) < 4.78 is 5.71. The minimum Gasteiger partial charge on any atom is -0.461 e. The van der Waals surface area contributed by atoms with E-state index in [-0.39, 0.29) is 30.1 Å². The normalized spacial score (nSPS) is 21.9. The monoisotopic (exact) mass is 396 g/mol. The second-order valence-electron chi connectivity index (χ2n) is 10.5. The van der Waals surface area contributed by atoms with Gasteiger partial charge in [-0.2, -0.15) is 0 Å². The lowest BCUT2D eigenvalue weighted by atomic mass is 10.00. The smallest absolute Gasteiger partial charge is 0.323 e. The largest absolute Gasteiger partial charge is 0.461 e. The molecule has 2 fully saturated rings. The predicted octanol–water partition coefficient (Wildman–Crippen LogP) is 4.54. The van der Waals surface area contributed by atoms with Crippen molar-refractivity contribution in [3.8, 4) is 0 Å². The molecule has 0 spiro atoms. The Morgan fingerprint density at radius 3 is 2.14 bits per heavy atom. The minimum absolute atomic E-state index is 0.106. The van der Waals surface area contributed by atoms with Gasteiger partial charge in [0.15, 0.2) is 0 Å². The number of amides is 1. The molecular formula is C23H44N2O3. The van der Waals surface area contributed by atoms with Gasteiger partial charge in [0.2, 0.25) is 5.91 Å². The van der Waals surface area contributed by atoms with Crippen molar-refractivity contribution in [2.75, 3.05) is 13.1 Å². The quantitative estimate of drug-likeness (QED) is 0.670. The van der Waals surface area contributed by atoms with Crippen LogP contribution in [0, 0.1) is 11.3 Å². The van der Waals surface area contributed by atoms with Gasteiger partial charge in [0, 0.05) is 26.1 Å². The Labute approximate surface area is 173 Å². The zero-order valence-electron chi connectivity index (χ0n) is 19.3. The molecular weight excluding hydrogens is 352 g/mol. The van der Waals surface area contributed by atoms with E-state index in [0.717, 1.165) is 51.5 Å². The van der Waals surface area contributed by atoms with Crippen molar-refractivity contribution in [2.24, 2.45) is 11.3 Å². The number of nitrogens with one attached hydrogen (secondary N) is 1. The lowest BCUT2D eigenvalue weighted by Gasteiger charge is -2.35. The summed E-state index contributed by atoms with van der Waals surface area (Å²) in [5.74, 6) is 0.437. The number of likely N-dealkylation sites (tertiary alicyclic amines) is 1. The van der Waals surface area contributed by atoms with Gasteiger partial charge in [-0.15, -0.1) is 0 Å². The highest BCUT2D eigenvalue weighted by atomic mass is 16.5. The van der Waals surface area contributed by atoms with E-state index >= 15 is 0 Å². The van der Waals surface area contributed by atoms with Gasteiger partial charge in [-0.3, -0.25) is 14.9 Å². The number of rotatable bonds is 6. The van der Waals surface area contributed by atoms with E-state index in [4.69, 9.17) is 4.74 Å². The van der Waals surface area contributed by atoms with Crippen molar-refractivity contribution in [1.82, 2.24) is 10.2 Å². The summed E-state index contributed by atoms with van der Waals surface area (Å²) in [6.45, 7) is 16.1. The molecule has 28 heavy (non-hydrogen) atoms. The van der Waals surface area contributed by atoms with Crippen LogP contribution < -0.4 is 5.32 Å². The molecule has 2 atom stereocenters. The summed E-state index contributed by atoms with van der Waals surface area (Å²) >= 11 is 0. The van der Waals surface area contributed by atoms with Gasteiger partial charge in [0.1, 0.15) is 12.1 Å². The van der Waals surface area contributed by atoms with Crippen LogP contribution in [0.5, 0.6) is 0 Å². The minimum atomic E-state index is -0.257. The first-order valence-electron chi connectivity index (χ1n) is 11.2. The lowest BCUT2D eigenvalue weighted by molar-refractivity contribution is -0.152. The maximum Gasteiger partial charge on any atom is 0.323 e. The van der Waals surface area contributed by atoms with Crippen molar-refractivity contribution < 1.29 is 14.3 Å². The van der Waals surface area contributed by atoms with E-state index in [0.29, 0.717) is 17.9 Å². The number of carbonyl (C=O) groups is 2. The summed E-state index contributed by atoms with van der Waals surface area (Å²) in [6.07, 6.45) is 7.22. The van der Waals surface area contributed by atoms with E-state index in [1.165, 1.54) is 0 Å². The average Bonchev–Trinajstić information content (AvgIpc) is 3.05. The first-order valence-corrected chi connectivity index (χ1v) is 11.2. The molecule has 1 saturated carbocycles. The highest BCUT2D eigenvalue weighted by Gasteiger charge is 2.30. The van der Waals surface area contributed by atoms with Crippen LogP contribution in [-0.4, -0.2) is 48.1 Å². The molecule has 0 aromatic rings. The van der Waals surface area contributed by atoms with Gasteiger partial charge in [-0.05, 0) is 56.3 Å². The van der Waals surface area contributed by atoms with Gasteiger partial charge < -0.3 is 9.64 Å². The van der Waals surface area contributed by atoms with E-state index in [1.807, 2.05) is 4.90 Å². The van der Waals surface area contributed by atoms with Crippen molar-refractivity contribution in [3.63, 3.8) is 0 Å². The number of hydrogen-bond donors (Lipinski definition) is 1. The fourth-order valence-electron chi connectivity index (χ4n) is 3.64. The molecule has 0 bridgehead atoms. The second kappa shape index (κ2) is 11.8. The summed E-state index contributed by atoms with van der Waals surface area (Å²) in [5, 5.41) is 3.48. The van der Waals surface area contributed by atoms with Crippen LogP contribution in [0.3, 0.4) is 0 Å². The van der Waals surface area contributed by atoms with E-state index < -0.39 is 0 Å². The number of piperidine rings is 1. The Bertz CT molecular complexity index is 473. The standard InChI is InChI=1S/C18H32N2O3.C5H12/c1-13(2)11-17(18(22)23-16-8-4-5-9-16)19-15-7-6-10-20(12-15)14(3)21;1-5(2,3)4/h13,15-17,19H,4-12H2,1-3H3;1-4H3/t15?,17-;/m0./s1. The molecule has 0 radical (unpaired) electrons. The van der Waals surface area contributed by atoms with Crippen molar-refractivity contribution in [2.45, 2.75) is 112 Å². The molecule has 5 nitrogen and oxygen atoms in total. The second-order valence-corrected chi connectivity index (χ2v) is 10.5. The van der Waals surface area contributed by atoms with Gasteiger partial charge in [0.25, 0.3) is 0 Å². The molecule has 0 aromatic carbocycles. The van der Waals surface area contributed by atoms with Gasteiger partial charge in [-0.25, -0.2) is 0 Å². The topological polar surface area (TPSA) is 58.6 Å². The summed E-state index contributed by atoms with van der Waals surface area (Å²) in [4.78, 5) is 26.0. The molecule has 1 aliphatic heterocycles. The number of carbonyl (C=O) groups excluding carboxylic acids is 2. The number of ether oxygens (including phenoxy) is 1. The molecule has 1 unspecified atom stereocenters. The zero-order valence-corrected chi connectivity index (χ0v) is 19.3. The fourth-order valence-corrected chi connectivity index (χ4v) is 3.64. The van der Waals surface area contributed by atoms with Crippen LogP contribution in [-0.2, 0) is 14.3 Å². The molecule has 2 aliphatic rings. The molecule has 1 saturated heterocycles. The van der Waals surface area contributed by atoms with Crippen LogP contribution in [0.25, 0.3) is 0 Å². The first-order chi connectivity index (χ1) is 13.0. The fraction of sp³-hybridized carbons (Fsp3) is 0.913. The molecule has 1 amide bonds. The highest BCUT2D eigenvalue weighted by Crippen LogP contribution is 2.22. The first kappa shape index (κ1) is 24.9. The SMILES string of the molecule is CC(=O)N1CCCC(N[C@@H](CC(C)C)C(=O)OC2CCCC2)C1.CC(C)(C)C. The average molecular weight is 397 g/mol. The summed E-state index contributed by atoms with van der Waals surface area (Å²) in [6, 6.07) is -0.0694. The van der Waals surface area contributed by atoms with Crippen molar-refractivity contribution >= 4 is 11.9 Å². The van der Waals surface area contributed by atoms with Gasteiger partial charge in [0.05, 0.1) is 0 Å². The van der Waals surface area contributed by atoms with E-state index in [1.54, 1.807) is 6.92 Å². The van der Waals surface area contributed by atoms with Crippen LogP contribution in [0.2, 0.25) is 0 Å². The third-order valence-electron chi connectivity index (χ3n) is 4.88. The molecule has 0 aromatic heterocycles. The van der Waals surface area contributed by atoms with Crippen LogP contribution in [0.1, 0.15) is 93.4 Å². The number of esters is 1. The molecule has 164 valence electrons. The van der Waals surface area contributed by atoms with Gasteiger partial charge in [-0.1, -0.05) is 41.5 Å². The Balaban J connectivity index is 0.000000696. The zero-order chi connectivity index (χ0) is 21.3. The third kappa shape index (κ3) is 11.0. The Hall–Kier alpha value is -1.10. The summed E-state index contributed by atoms with van der Waals surface area (Å²) in [7, 11) is 0. The van der Waals surface area contributed by atoms with Crippen LogP contribution in [0.4, 0.5) is 0 Å². The molecule has 5 heteroatoms. The Kier molecular flexibility index (Phi) is 10.5. The van der Waals surface area contributed by atoms with E-state index in [9.17, 15) is 9.59 Å².